The average Bonchev–Trinajstić information content (AvgIpc) is 2.53. The third kappa shape index (κ3) is 3.98. The van der Waals surface area contributed by atoms with Crippen molar-refractivity contribution in [1.82, 2.24) is 5.16 Å². The zero-order valence-corrected chi connectivity index (χ0v) is 8.43. The minimum atomic E-state index is -0.0485. The quantitative estimate of drug-likeness (QED) is 0.804. The van der Waals surface area contributed by atoms with Gasteiger partial charge in [0.2, 0.25) is 5.91 Å². The lowest BCUT2D eigenvalue weighted by molar-refractivity contribution is -0.113. The fraction of sp³-hybridized carbons (Fsp3) is 0.500. The van der Waals surface area contributed by atoms with Gasteiger partial charge in [0.25, 0.3) is 0 Å². The molecule has 72 valence electrons. The van der Waals surface area contributed by atoms with Crippen LogP contribution in [0.4, 0.5) is 5.82 Å². The third-order valence-corrected chi connectivity index (χ3v) is 2.35. The molecular formula is C8H12N2O2S. The number of hydrogen-bond donors (Lipinski definition) is 1. The van der Waals surface area contributed by atoms with Crippen molar-refractivity contribution in [2.24, 2.45) is 0 Å². The van der Waals surface area contributed by atoms with E-state index in [1.54, 1.807) is 17.8 Å². The summed E-state index contributed by atoms with van der Waals surface area (Å²) in [6.07, 6.45) is 1.42. The first-order chi connectivity index (χ1) is 6.18. The highest BCUT2D eigenvalue weighted by molar-refractivity contribution is 8.00. The summed E-state index contributed by atoms with van der Waals surface area (Å²) in [6, 6.07) is 1.61. The smallest absolute Gasteiger partial charge is 0.235 e. The van der Waals surface area contributed by atoms with E-state index in [-0.39, 0.29) is 5.91 Å². The lowest BCUT2D eigenvalue weighted by Crippen LogP contribution is -2.15. The normalized spacial score (nSPS) is 10.4. The van der Waals surface area contributed by atoms with Crippen LogP contribution in [0.1, 0.15) is 13.8 Å². The van der Waals surface area contributed by atoms with E-state index in [0.717, 1.165) is 0 Å². The summed E-state index contributed by atoms with van der Waals surface area (Å²) in [6.45, 7) is 4.10. The summed E-state index contributed by atoms with van der Waals surface area (Å²) in [4.78, 5) is 11.2. The zero-order chi connectivity index (χ0) is 9.68. The van der Waals surface area contributed by atoms with Gasteiger partial charge in [-0.1, -0.05) is 19.0 Å². The molecule has 0 unspecified atom stereocenters. The first-order valence-electron chi connectivity index (χ1n) is 4.00. The van der Waals surface area contributed by atoms with Gasteiger partial charge in [-0.05, 0) is 5.25 Å². The van der Waals surface area contributed by atoms with Gasteiger partial charge in [-0.2, -0.15) is 0 Å². The molecule has 1 rings (SSSR count). The van der Waals surface area contributed by atoms with Crippen LogP contribution in [-0.4, -0.2) is 22.1 Å². The van der Waals surface area contributed by atoms with Crippen LogP contribution in [0, 0.1) is 0 Å². The molecule has 1 aromatic heterocycles. The highest BCUT2D eigenvalue weighted by Gasteiger charge is 2.05. The predicted octanol–water partition coefficient (Wildman–Crippen LogP) is 1.75. The first kappa shape index (κ1) is 10.1. The van der Waals surface area contributed by atoms with Gasteiger partial charge >= 0.3 is 0 Å². The van der Waals surface area contributed by atoms with Crippen molar-refractivity contribution in [3.05, 3.63) is 12.3 Å². The van der Waals surface area contributed by atoms with Gasteiger partial charge < -0.3 is 9.84 Å². The molecule has 0 aliphatic heterocycles. The Labute approximate surface area is 81.1 Å². The maximum Gasteiger partial charge on any atom is 0.235 e. The number of rotatable bonds is 4. The Balaban J connectivity index is 2.26. The molecule has 0 aliphatic carbocycles. The Bertz CT molecular complexity index is 259. The molecule has 0 spiro atoms. The van der Waals surface area contributed by atoms with E-state index in [4.69, 9.17) is 0 Å². The highest BCUT2D eigenvalue weighted by Crippen LogP contribution is 2.09. The van der Waals surface area contributed by atoms with Crippen molar-refractivity contribution in [2.45, 2.75) is 19.1 Å². The van der Waals surface area contributed by atoms with Crippen molar-refractivity contribution >= 4 is 23.5 Å². The van der Waals surface area contributed by atoms with Crippen LogP contribution >= 0.6 is 11.8 Å². The summed E-state index contributed by atoms with van der Waals surface area (Å²) in [5.41, 5.74) is 0. The monoisotopic (exact) mass is 200 g/mol. The second-order valence-corrected chi connectivity index (χ2v) is 4.36. The number of aromatic nitrogens is 1. The third-order valence-electron chi connectivity index (χ3n) is 1.25. The minimum Gasteiger partial charge on any atom is -0.363 e. The van der Waals surface area contributed by atoms with E-state index in [1.807, 2.05) is 13.8 Å². The molecule has 1 amide bonds. The molecule has 1 N–H and O–H groups in total. The number of thioether (sulfide) groups is 1. The van der Waals surface area contributed by atoms with Crippen molar-refractivity contribution in [3.8, 4) is 0 Å². The topological polar surface area (TPSA) is 55.1 Å². The predicted molar refractivity (Wildman–Crippen MR) is 52.7 cm³/mol. The molecule has 0 aromatic carbocycles. The van der Waals surface area contributed by atoms with Crippen LogP contribution < -0.4 is 5.32 Å². The second-order valence-electron chi connectivity index (χ2n) is 2.79. The molecule has 5 heteroatoms. The number of nitrogens with zero attached hydrogens (tertiary/aromatic N) is 1. The van der Waals surface area contributed by atoms with Gasteiger partial charge in [0.15, 0.2) is 5.82 Å². The largest absolute Gasteiger partial charge is 0.363 e. The average molecular weight is 200 g/mol. The fourth-order valence-corrected chi connectivity index (χ4v) is 1.26. The molecule has 4 nitrogen and oxygen atoms in total. The summed E-state index contributed by atoms with van der Waals surface area (Å²) in [5.74, 6) is 0.867. The molecule has 13 heavy (non-hydrogen) atoms. The highest BCUT2D eigenvalue weighted by atomic mass is 32.2. The van der Waals surface area contributed by atoms with Crippen LogP contribution in [0.2, 0.25) is 0 Å². The SMILES string of the molecule is CC(C)SCC(=O)Nc1ccon1. The Morgan fingerprint density at radius 1 is 1.77 bits per heavy atom. The van der Waals surface area contributed by atoms with E-state index >= 15 is 0 Å². The van der Waals surface area contributed by atoms with Crippen molar-refractivity contribution in [2.75, 3.05) is 11.1 Å². The molecular weight excluding hydrogens is 188 g/mol. The Kier molecular flexibility index (Phi) is 3.82. The Hall–Kier alpha value is -0.970. The maximum absolute atomic E-state index is 11.2. The fourth-order valence-electron chi connectivity index (χ4n) is 0.698. The van der Waals surface area contributed by atoms with Gasteiger partial charge in [0.05, 0.1) is 5.75 Å². The Morgan fingerprint density at radius 3 is 3.08 bits per heavy atom. The summed E-state index contributed by atoms with van der Waals surface area (Å²) in [7, 11) is 0. The number of amides is 1. The number of carbonyl (C=O) groups is 1. The van der Waals surface area contributed by atoms with Crippen molar-refractivity contribution in [1.29, 1.82) is 0 Å². The zero-order valence-electron chi connectivity index (χ0n) is 7.61. The summed E-state index contributed by atoms with van der Waals surface area (Å²) in [5, 5.41) is 6.64. The van der Waals surface area contributed by atoms with Gasteiger partial charge in [-0.3, -0.25) is 4.79 Å². The molecule has 0 radical (unpaired) electrons. The van der Waals surface area contributed by atoms with Crippen LogP contribution in [0.15, 0.2) is 16.9 Å². The van der Waals surface area contributed by atoms with Crippen LogP contribution in [0.5, 0.6) is 0 Å². The Morgan fingerprint density at radius 2 is 2.54 bits per heavy atom. The standard InChI is InChI=1S/C8H12N2O2S/c1-6(2)13-5-8(11)9-7-3-4-12-10-7/h3-4,6H,5H2,1-2H3,(H,9,10,11). The van der Waals surface area contributed by atoms with Crippen LogP contribution in [0.3, 0.4) is 0 Å². The molecule has 0 aliphatic rings. The lowest BCUT2D eigenvalue weighted by Gasteiger charge is -2.03. The maximum atomic E-state index is 11.2. The van der Waals surface area contributed by atoms with E-state index in [1.165, 1.54) is 6.26 Å². The molecule has 0 saturated carbocycles. The van der Waals surface area contributed by atoms with Crippen LogP contribution in [-0.2, 0) is 4.79 Å². The first-order valence-corrected chi connectivity index (χ1v) is 5.05. The van der Waals surface area contributed by atoms with Gasteiger partial charge in [-0.15, -0.1) is 11.8 Å². The van der Waals surface area contributed by atoms with Gasteiger partial charge in [0, 0.05) is 6.07 Å². The summed E-state index contributed by atoms with van der Waals surface area (Å²) < 4.78 is 4.57. The van der Waals surface area contributed by atoms with E-state index in [2.05, 4.69) is 15.0 Å². The van der Waals surface area contributed by atoms with E-state index in [9.17, 15) is 4.79 Å². The van der Waals surface area contributed by atoms with Crippen molar-refractivity contribution in [3.63, 3.8) is 0 Å². The molecule has 0 atom stereocenters. The van der Waals surface area contributed by atoms with Crippen LogP contribution in [0.25, 0.3) is 0 Å². The molecule has 0 fully saturated rings. The van der Waals surface area contributed by atoms with Gasteiger partial charge in [0.1, 0.15) is 6.26 Å². The lowest BCUT2D eigenvalue weighted by atomic mass is 10.6. The molecule has 1 aromatic rings. The van der Waals surface area contributed by atoms with Gasteiger partial charge in [-0.25, -0.2) is 0 Å². The molecule has 0 saturated heterocycles. The molecule has 1 heterocycles. The second kappa shape index (κ2) is 4.91. The van der Waals surface area contributed by atoms with Crippen molar-refractivity contribution < 1.29 is 9.32 Å². The minimum absolute atomic E-state index is 0.0485. The number of anilines is 1. The number of nitrogens with one attached hydrogen (secondary N) is 1. The molecule has 0 bridgehead atoms. The number of carbonyl (C=O) groups excluding carboxylic acids is 1. The summed E-state index contributed by atoms with van der Waals surface area (Å²) >= 11 is 1.59. The van der Waals surface area contributed by atoms with E-state index < -0.39 is 0 Å². The van der Waals surface area contributed by atoms with E-state index in [0.29, 0.717) is 16.8 Å². The number of hydrogen-bond acceptors (Lipinski definition) is 4.